The number of allylic oxidation sites excluding steroid dienone is 2. The minimum Gasteiger partial charge on any atom is -0.506 e. The Morgan fingerprint density at radius 3 is 2.76 bits per heavy atom. The fourth-order valence-corrected chi connectivity index (χ4v) is 12.3. The number of ether oxygens (including phenoxy) is 5. The Labute approximate surface area is 391 Å². The molecule has 1 saturated heterocycles. The summed E-state index contributed by atoms with van der Waals surface area (Å²) in [6.07, 6.45) is 8.72. The number of phenols is 1. The number of aryl methyl sites for hydroxylation is 2. The molecule has 12 rings (SSSR count). The van der Waals surface area contributed by atoms with E-state index in [4.69, 9.17) is 23.7 Å². The summed E-state index contributed by atoms with van der Waals surface area (Å²) in [5, 5.41) is 60.5. The van der Waals surface area contributed by atoms with Crippen LogP contribution in [0, 0.1) is 17.9 Å². The Kier molecular flexibility index (Phi) is 10.5. The molecule has 1 amide bonds. The van der Waals surface area contributed by atoms with Crippen LogP contribution >= 0.6 is 0 Å². The molecule has 1 saturated carbocycles. The SMILES string of the molecule is COc1c2c3c4c(O)c(c5c6c4c1CCC6=C[C@@H]1CCC[C@H]51)C(=O)CN1Cc4c(cccc4C1=O)CC#CO[C@H]1[C@H](O)[C@@H](CO[C@@H](c4c[nH]c5ccc(CCCO)cc45)/C=C/2)O[C@H](O3)[C@@]1(O)CO. The number of carbonyl (C=O) groups is 2. The molecule has 14 heteroatoms. The van der Waals surface area contributed by atoms with Crippen LogP contribution in [0.15, 0.2) is 54.7 Å². The summed E-state index contributed by atoms with van der Waals surface area (Å²) in [5.41, 5.74) is 6.04. The van der Waals surface area contributed by atoms with Gasteiger partial charge in [-0.25, -0.2) is 0 Å². The van der Waals surface area contributed by atoms with Crippen molar-refractivity contribution < 1.29 is 58.8 Å². The highest BCUT2D eigenvalue weighted by molar-refractivity contribution is 6.17. The number of rotatable bonds is 6. The molecule has 0 radical (unpaired) electrons. The van der Waals surface area contributed by atoms with Crippen molar-refractivity contribution >= 4 is 45.0 Å². The van der Waals surface area contributed by atoms with E-state index >= 15 is 4.79 Å². The van der Waals surface area contributed by atoms with E-state index < -0.39 is 48.7 Å². The summed E-state index contributed by atoms with van der Waals surface area (Å²) in [6.45, 7) is -1.33. The highest BCUT2D eigenvalue weighted by Gasteiger charge is 2.59. The molecule has 14 nitrogen and oxygen atoms in total. The number of hydrogen-bond acceptors (Lipinski definition) is 12. The number of methoxy groups -OCH3 is 1. The largest absolute Gasteiger partial charge is 0.506 e. The molecule has 68 heavy (non-hydrogen) atoms. The van der Waals surface area contributed by atoms with Gasteiger partial charge in [0, 0.05) is 58.7 Å². The van der Waals surface area contributed by atoms with E-state index in [0.29, 0.717) is 47.9 Å². The van der Waals surface area contributed by atoms with Gasteiger partial charge >= 0.3 is 0 Å². The first kappa shape index (κ1) is 43.1. The van der Waals surface area contributed by atoms with Gasteiger partial charge in [-0.05, 0) is 108 Å². The average Bonchev–Trinajstić information content (AvgIpc) is 4.07. The van der Waals surface area contributed by atoms with E-state index in [1.807, 2.05) is 30.5 Å². The van der Waals surface area contributed by atoms with Crippen molar-refractivity contribution in [2.45, 2.75) is 100 Å². The Hall–Kier alpha value is -6.18. The van der Waals surface area contributed by atoms with E-state index in [9.17, 15) is 30.3 Å². The number of aromatic amines is 1. The fraction of sp³-hybridized carbons (Fsp3) is 0.407. The van der Waals surface area contributed by atoms with Crippen LogP contribution < -0.4 is 9.47 Å². The highest BCUT2D eigenvalue weighted by Crippen LogP contribution is 2.60. The van der Waals surface area contributed by atoms with Crippen molar-refractivity contribution in [3.05, 3.63) is 110 Å². The number of fused-ring (bicyclic) bond motifs is 8. The van der Waals surface area contributed by atoms with E-state index in [1.165, 1.54) is 4.90 Å². The molecule has 0 unspecified atom stereocenters. The van der Waals surface area contributed by atoms with E-state index in [2.05, 4.69) is 29.2 Å². The summed E-state index contributed by atoms with van der Waals surface area (Å²) in [5.74, 6) is 2.48. The van der Waals surface area contributed by atoms with Gasteiger partial charge in [0.05, 0.1) is 43.4 Å². The monoisotopic (exact) mass is 920 g/mol. The second-order valence-electron chi connectivity index (χ2n) is 19.3. The number of aromatic hydroxyl groups is 1. The molecule has 0 spiro atoms. The summed E-state index contributed by atoms with van der Waals surface area (Å²) in [6, 6.07) is 11.4. The average molecular weight is 921 g/mol. The number of Topliss-reactive ketones (excluding diaryl/α,β-unsaturated/α-hetero) is 1. The van der Waals surface area contributed by atoms with Crippen molar-refractivity contribution in [3.63, 3.8) is 0 Å². The van der Waals surface area contributed by atoms with Crippen molar-refractivity contribution in [3.8, 4) is 29.3 Å². The lowest BCUT2D eigenvalue weighted by Crippen LogP contribution is -2.70. The van der Waals surface area contributed by atoms with E-state index in [0.717, 1.165) is 74.7 Å². The fourth-order valence-electron chi connectivity index (χ4n) is 12.3. The number of aliphatic hydroxyl groups is 4. The third kappa shape index (κ3) is 6.47. The topological polar surface area (TPSA) is 200 Å². The normalized spacial score (nSPS) is 28.4. The van der Waals surface area contributed by atoms with Crippen LogP contribution in [0.1, 0.15) is 109 Å². The van der Waals surface area contributed by atoms with Crippen molar-refractivity contribution in [2.75, 3.05) is 33.5 Å². The number of nitrogens with zero attached hydrogens (tertiary/aromatic N) is 1. The lowest BCUT2D eigenvalue weighted by Gasteiger charge is -2.47. The number of phenolic OH excluding ortho intramolecular Hbond substituents is 1. The predicted molar refractivity (Wildman–Crippen MR) is 249 cm³/mol. The predicted octanol–water partition coefficient (Wildman–Crippen LogP) is 5.90. The second-order valence-corrected chi connectivity index (χ2v) is 19.3. The van der Waals surface area contributed by atoms with Gasteiger partial charge in [0.25, 0.3) is 5.91 Å². The molecule has 6 N–H and O–H groups in total. The molecule has 5 heterocycles. The number of benzene rings is 4. The summed E-state index contributed by atoms with van der Waals surface area (Å²) in [7, 11) is 1.57. The van der Waals surface area contributed by atoms with Crippen LogP contribution in [-0.2, 0) is 40.0 Å². The molecule has 8 atom stereocenters. The first-order valence-electron chi connectivity index (χ1n) is 23.7. The summed E-state index contributed by atoms with van der Waals surface area (Å²) in [4.78, 5) is 34.3. The van der Waals surface area contributed by atoms with Gasteiger partial charge in [0.1, 0.15) is 41.7 Å². The van der Waals surface area contributed by atoms with Gasteiger partial charge in [0.15, 0.2) is 17.5 Å². The van der Waals surface area contributed by atoms with Crippen LogP contribution in [0.2, 0.25) is 0 Å². The van der Waals surface area contributed by atoms with Gasteiger partial charge in [-0.3, -0.25) is 9.59 Å². The second kappa shape index (κ2) is 16.5. The standard InChI is InChI=1S/C54H52N2O12/c1-64-49-33-14-13-30-21-29-8-3-10-31(29)43-42(30)44(33)46-48(61)45(43)39(59)24-56-23-37-28(7-2-11-32(37)52(56)62)9-5-19-65-51-47(60)41-25-66-40(17-15-34(49)50(46)68-53(67-41)54(51,63)26-58)36-22-55-38-16-12-27(6-4-18-57)20-35(36)38/h2,7,11-12,15-17,20-22,29,31,40-41,47,51,53,55,57-58,60-61,63H,3-4,6,8-10,13-14,18,23-26H2,1H3/b17-15+/t29-,31-,40+,41+,47+,51-,53+,54+/m0/s1. The number of aliphatic hydroxyl groups excluding tert-OH is 3. The molecule has 5 aromatic rings. The smallest absolute Gasteiger partial charge is 0.254 e. The molecule has 1 aromatic heterocycles. The van der Waals surface area contributed by atoms with Crippen LogP contribution in [0.4, 0.5) is 0 Å². The molecule has 2 fully saturated rings. The summed E-state index contributed by atoms with van der Waals surface area (Å²) >= 11 is 0. The number of amides is 1. The number of carbonyl (C=O) groups excluding carboxylic acids is 2. The van der Waals surface area contributed by atoms with Gasteiger partial charge in [-0.15, -0.1) is 0 Å². The lowest BCUT2D eigenvalue weighted by atomic mass is 9.69. The molecular formula is C54H52N2O12. The maximum absolute atomic E-state index is 15.3. The maximum Gasteiger partial charge on any atom is 0.254 e. The highest BCUT2D eigenvalue weighted by atomic mass is 16.7. The first-order chi connectivity index (χ1) is 33.1. The van der Waals surface area contributed by atoms with Gasteiger partial charge in [-0.2, -0.15) is 0 Å². The van der Waals surface area contributed by atoms with Gasteiger partial charge < -0.3 is 59.1 Å². The maximum atomic E-state index is 15.3. The third-order valence-electron chi connectivity index (χ3n) is 15.6. The first-order valence-corrected chi connectivity index (χ1v) is 23.7. The van der Waals surface area contributed by atoms with Crippen molar-refractivity contribution in [1.82, 2.24) is 9.88 Å². The lowest BCUT2D eigenvalue weighted by molar-refractivity contribution is -0.328. The Bertz CT molecular complexity index is 3090. The number of ketones is 1. The Balaban J connectivity index is 1.14. The molecule has 8 bridgehead atoms. The Morgan fingerprint density at radius 1 is 1.04 bits per heavy atom. The van der Waals surface area contributed by atoms with Crippen LogP contribution in [0.25, 0.3) is 33.3 Å². The zero-order chi connectivity index (χ0) is 46.6. The van der Waals surface area contributed by atoms with Crippen molar-refractivity contribution in [1.29, 1.82) is 0 Å². The van der Waals surface area contributed by atoms with Gasteiger partial charge in [-0.1, -0.05) is 42.7 Å². The zero-order valence-corrected chi connectivity index (χ0v) is 37.5. The third-order valence-corrected chi connectivity index (χ3v) is 15.6. The number of aromatic nitrogens is 1. The van der Waals surface area contributed by atoms with Crippen LogP contribution in [-0.4, -0.2) is 111 Å². The number of hydrogen-bond donors (Lipinski definition) is 6. The molecule has 7 aliphatic rings. The quantitative estimate of drug-likeness (QED) is 0.110. The Morgan fingerprint density at radius 2 is 1.93 bits per heavy atom. The van der Waals surface area contributed by atoms with Crippen LogP contribution in [0.3, 0.4) is 0 Å². The zero-order valence-electron chi connectivity index (χ0n) is 37.5. The van der Waals surface area contributed by atoms with Crippen LogP contribution in [0.5, 0.6) is 17.2 Å². The summed E-state index contributed by atoms with van der Waals surface area (Å²) < 4.78 is 32.7. The number of H-pyrrole nitrogens is 1. The molecule has 350 valence electrons. The molecule has 3 aliphatic carbocycles. The molecule has 4 aliphatic heterocycles. The molecular weight excluding hydrogens is 869 g/mol. The molecule has 4 aromatic carbocycles. The minimum absolute atomic E-state index is 0.000812. The van der Waals surface area contributed by atoms with E-state index in [-0.39, 0.29) is 72.9 Å². The minimum atomic E-state index is -2.47. The van der Waals surface area contributed by atoms with E-state index in [1.54, 1.807) is 25.3 Å². The number of nitrogens with one attached hydrogen (secondary N) is 1. The van der Waals surface area contributed by atoms with Crippen molar-refractivity contribution in [2.24, 2.45) is 5.92 Å². The van der Waals surface area contributed by atoms with Gasteiger partial charge in [0.2, 0.25) is 6.29 Å².